The van der Waals surface area contributed by atoms with Crippen molar-refractivity contribution in [3.8, 4) is 5.75 Å². The van der Waals surface area contributed by atoms with Gasteiger partial charge < -0.3 is 10.1 Å². The lowest BCUT2D eigenvalue weighted by atomic mass is 10.1. The van der Waals surface area contributed by atoms with Crippen molar-refractivity contribution in [1.29, 1.82) is 0 Å². The zero-order valence-electron chi connectivity index (χ0n) is 13.7. The lowest BCUT2D eigenvalue weighted by molar-refractivity contribution is -0.139. The van der Waals surface area contributed by atoms with Gasteiger partial charge >= 0.3 is 11.8 Å². The van der Waals surface area contributed by atoms with Crippen molar-refractivity contribution < 1.29 is 14.3 Å². The van der Waals surface area contributed by atoms with E-state index in [-0.39, 0.29) is 0 Å². The molecular formula is C18H18BrN3O3. The van der Waals surface area contributed by atoms with Gasteiger partial charge in [-0.15, -0.1) is 0 Å². The molecule has 6 nitrogen and oxygen atoms in total. The van der Waals surface area contributed by atoms with E-state index in [1.165, 1.54) is 6.21 Å². The highest BCUT2D eigenvalue weighted by atomic mass is 79.9. The Morgan fingerprint density at radius 3 is 2.60 bits per heavy atom. The number of amides is 2. The SMILES string of the molecule is COc1ccc(/C=N\NC(=O)C(=O)NCCc2ccccc2)cc1Br. The molecule has 0 heterocycles. The van der Waals surface area contributed by atoms with Crippen molar-refractivity contribution >= 4 is 34.0 Å². The van der Waals surface area contributed by atoms with E-state index in [4.69, 9.17) is 4.74 Å². The molecule has 2 N–H and O–H groups in total. The number of carbonyl (C=O) groups is 2. The van der Waals surface area contributed by atoms with E-state index in [2.05, 4.69) is 31.8 Å². The molecule has 2 aromatic rings. The van der Waals surface area contributed by atoms with Gasteiger partial charge in [0.1, 0.15) is 5.75 Å². The summed E-state index contributed by atoms with van der Waals surface area (Å²) in [7, 11) is 1.57. The van der Waals surface area contributed by atoms with Crippen LogP contribution in [0.4, 0.5) is 0 Å². The third-order valence-electron chi connectivity index (χ3n) is 3.30. The van der Waals surface area contributed by atoms with Crippen LogP contribution in [0.15, 0.2) is 58.1 Å². The van der Waals surface area contributed by atoms with Gasteiger partial charge in [-0.2, -0.15) is 5.10 Å². The number of nitrogens with one attached hydrogen (secondary N) is 2. The summed E-state index contributed by atoms with van der Waals surface area (Å²) in [5, 5.41) is 6.33. The van der Waals surface area contributed by atoms with E-state index >= 15 is 0 Å². The molecule has 0 saturated heterocycles. The molecule has 2 amide bonds. The quantitative estimate of drug-likeness (QED) is 0.441. The Morgan fingerprint density at radius 2 is 1.92 bits per heavy atom. The maximum absolute atomic E-state index is 11.7. The molecule has 0 aliphatic heterocycles. The van der Waals surface area contributed by atoms with E-state index in [1.807, 2.05) is 30.3 Å². The largest absolute Gasteiger partial charge is 0.496 e. The normalized spacial score (nSPS) is 10.5. The zero-order chi connectivity index (χ0) is 18.1. The van der Waals surface area contributed by atoms with Crippen LogP contribution in [0.2, 0.25) is 0 Å². The Kier molecular flexibility index (Phi) is 7.16. The van der Waals surface area contributed by atoms with Gasteiger partial charge in [-0.05, 0) is 51.7 Å². The van der Waals surface area contributed by atoms with Crippen molar-refractivity contribution in [2.45, 2.75) is 6.42 Å². The highest BCUT2D eigenvalue weighted by molar-refractivity contribution is 9.10. The van der Waals surface area contributed by atoms with Crippen molar-refractivity contribution in [3.63, 3.8) is 0 Å². The molecule has 0 atom stereocenters. The summed E-state index contributed by atoms with van der Waals surface area (Å²) in [5.74, 6) is -0.833. The molecule has 0 unspecified atom stereocenters. The predicted octanol–water partition coefficient (Wildman–Crippen LogP) is 2.27. The highest BCUT2D eigenvalue weighted by Crippen LogP contribution is 2.24. The molecule has 2 rings (SSSR count). The van der Waals surface area contributed by atoms with Crippen LogP contribution in [0.3, 0.4) is 0 Å². The Hall–Kier alpha value is -2.67. The minimum Gasteiger partial charge on any atom is -0.496 e. The monoisotopic (exact) mass is 403 g/mol. The molecule has 0 bridgehead atoms. The van der Waals surface area contributed by atoms with E-state index in [1.54, 1.807) is 25.3 Å². The summed E-state index contributed by atoms with van der Waals surface area (Å²) in [4.78, 5) is 23.4. The average molecular weight is 404 g/mol. The fourth-order valence-electron chi connectivity index (χ4n) is 2.02. The fraction of sp³-hybridized carbons (Fsp3) is 0.167. The first kappa shape index (κ1) is 18.7. The van der Waals surface area contributed by atoms with Gasteiger partial charge in [-0.3, -0.25) is 9.59 Å². The van der Waals surface area contributed by atoms with Gasteiger partial charge in [0.15, 0.2) is 0 Å². The number of rotatable bonds is 6. The molecule has 0 aliphatic carbocycles. The second kappa shape index (κ2) is 9.58. The number of carbonyl (C=O) groups excluding carboxylic acids is 2. The molecule has 2 aromatic carbocycles. The van der Waals surface area contributed by atoms with Crippen LogP contribution in [0.5, 0.6) is 5.75 Å². The summed E-state index contributed by atoms with van der Waals surface area (Å²) in [6.45, 7) is 0.380. The van der Waals surface area contributed by atoms with Crippen LogP contribution in [0.1, 0.15) is 11.1 Å². The van der Waals surface area contributed by atoms with Crippen LogP contribution in [-0.4, -0.2) is 31.7 Å². The molecule has 0 saturated carbocycles. The maximum atomic E-state index is 11.7. The molecule has 0 radical (unpaired) electrons. The lowest BCUT2D eigenvalue weighted by Gasteiger charge is -2.04. The van der Waals surface area contributed by atoms with Crippen molar-refractivity contribution in [3.05, 3.63) is 64.1 Å². The molecule has 25 heavy (non-hydrogen) atoms. The Balaban J connectivity index is 1.77. The number of ether oxygens (including phenoxy) is 1. The molecule has 0 spiro atoms. The molecular weight excluding hydrogens is 386 g/mol. The summed E-state index contributed by atoms with van der Waals surface area (Å²) in [6, 6.07) is 15.0. The molecule has 0 aromatic heterocycles. The average Bonchev–Trinajstić information content (AvgIpc) is 2.62. The number of methoxy groups -OCH3 is 1. The number of halogens is 1. The number of hydrazone groups is 1. The number of hydrogen-bond acceptors (Lipinski definition) is 4. The first-order valence-corrected chi connectivity index (χ1v) is 8.38. The third kappa shape index (κ3) is 6.04. The Bertz CT molecular complexity index is 763. The van der Waals surface area contributed by atoms with E-state index < -0.39 is 11.8 Å². The van der Waals surface area contributed by atoms with Crippen molar-refractivity contribution in [1.82, 2.24) is 10.7 Å². The minimum atomic E-state index is -0.808. The first-order valence-electron chi connectivity index (χ1n) is 7.59. The van der Waals surface area contributed by atoms with Gasteiger partial charge in [0.25, 0.3) is 0 Å². The zero-order valence-corrected chi connectivity index (χ0v) is 15.2. The van der Waals surface area contributed by atoms with Crippen LogP contribution in [-0.2, 0) is 16.0 Å². The Morgan fingerprint density at radius 1 is 1.16 bits per heavy atom. The third-order valence-corrected chi connectivity index (χ3v) is 3.92. The predicted molar refractivity (Wildman–Crippen MR) is 99.6 cm³/mol. The van der Waals surface area contributed by atoms with Gasteiger partial charge in [0.2, 0.25) is 0 Å². The minimum absolute atomic E-state index is 0.380. The summed E-state index contributed by atoms with van der Waals surface area (Å²) < 4.78 is 5.90. The van der Waals surface area contributed by atoms with E-state index in [0.717, 1.165) is 15.6 Å². The summed E-state index contributed by atoms with van der Waals surface area (Å²) in [5.41, 5.74) is 4.04. The van der Waals surface area contributed by atoms with Crippen LogP contribution < -0.4 is 15.5 Å². The fourth-order valence-corrected chi connectivity index (χ4v) is 2.58. The van der Waals surface area contributed by atoms with Gasteiger partial charge in [-0.25, -0.2) is 5.43 Å². The molecule has 0 fully saturated rings. The maximum Gasteiger partial charge on any atom is 0.329 e. The van der Waals surface area contributed by atoms with Crippen molar-refractivity contribution in [2.75, 3.05) is 13.7 Å². The smallest absolute Gasteiger partial charge is 0.329 e. The van der Waals surface area contributed by atoms with E-state index in [9.17, 15) is 9.59 Å². The van der Waals surface area contributed by atoms with Crippen LogP contribution in [0.25, 0.3) is 0 Å². The second-order valence-electron chi connectivity index (χ2n) is 5.08. The lowest BCUT2D eigenvalue weighted by Crippen LogP contribution is -2.38. The Labute approximate surface area is 154 Å². The van der Waals surface area contributed by atoms with Crippen LogP contribution >= 0.6 is 15.9 Å². The molecule has 0 aliphatic rings. The topological polar surface area (TPSA) is 79.8 Å². The first-order chi connectivity index (χ1) is 12.1. The van der Waals surface area contributed by atoms with Gasteiger partial charge in [0.05, 0.1) is 17.8 Å². The number of benzene rings is 2. The van der Waals surface area contributed by atoms with Crippen LogP contribution in [0, 0.1) is 0 Å². The van der Waals surface area contributed by atoms with Gasteiger partial charge in [-0.1, -0.05) is 30.3 Å². The van der Waals surface area contributed by atoms with Crippen molar-refractivity contribution in [2.24, 2.45) is 5.10 Å². The highest BCUT2D eigenvalue weighted by Gasteiger charge is 2.11. The summed E-state index contributed by atoms with van der Waals surface area (Å²) >= 11 is 3.36. The number of hydrogen-bond donors (Lipinski definition) is 2. The number of nitrogens with zero attached hydrogens (tertiary/aromatic N) is 1. The standard InChI is InChI=1S/C18H18BrN3O3/c1-25-16-8-7-14(11-15(16)19)12-21-22-18(24)17(23)20-10-9-13-5-3-2-4-6-13/h2-8,11-12H,9-10H2,1H3,(H,20,23)(H,22,24)/b21-12-. The molecule has 130 valence electrons. The summed E-state index contributed by atoms with van der Waals surface area (Å²) in [6.07, 6.45) is 2.10. The second-order valence-corrected chi connectivity index (χ2v) is 5.94. The van der Waals surface area contributed by atoms with Gasteiger partial charge in [0, 0.05) is 6.54 Å². The molecule has 7 heteroatoms. The van der Waals surface area contributed by atoms with E-state index in [0.29, 0.717) is 18.7 Å².